The lowest BCUT2D eigenvalue weighted by Crippen LogP contribution is -2.37. The van der Waals surface area contributed by atoms with E-state index in [1.807, 2.05) is 0 Å². The Hall–Kier alpha value is -1.70. The molecule has 0 fully saturated rings. The molecule has 0 spiro atoms. The van der Waals surface area contributed by atoms with Crippen LogP contribution in [0.3, 0.4) is 0 Å². The van der Waals surface area contributed by atoms with E-state index in [4.69, 9.17) is 0 Å². The van der Waals surface area contributed by atoms with Crippen molar-refractivity contribution in [1.29, 1.82) is 0 Å². The molecule has 0 heterocycles. The Bertz CT molecular complexity index is 499. The number of esters is 1. The number of hydrogen-bond acceptors (Lipinski definition) is 3. The van der Waals surface area contributed by atoms with Gasteiger partial charge in [0.1, 0.15) is 0 Å². The van der Waals surface area contributed by atoms with Crippen LogP contribution in [0.2, 0.25) is 0 Å². The van der Waals surface area contributed by atoms with Crippen LogP contribution in [-0.2, 0) is 15.1 Å². The molecule has 0 amide bonds. The molecule has 1 unspecified atom stereocenters. The van der Waals surface area contributed by atoms with Gasteiger partial charge < -0.3 is 9.84 Å². The third kappa shape index (κ3) is 2.40. The van der Waals surface area contributed by atoms with E-state index in [1.165, 1.54) is 6.92 Å². The summed E-state index contributed by atoms with van der Waals surface area (Å²) in [4.78, 5) is 11.3. The highest BCUT2D eigenvalue weighted by molar-refractivity contribution is 5.80. The van der Waals surface area contributed by atoms with Crippen molar-refractivity contribution in [2.24, 2.45) is 0 Å². The van der Waals surface area contributed by atoms with E-state index in [0.717, 1.165) is 0 Å². The molecule has 0 aromatic heterocycles. The fourth-order valence-corrected chi connectivity index (χ4v) is 1.41. The van der Waals surface area contributed by atoms with Crippen molar-refractivity contribution in [2.45, 2.75) is 19.4 Å². The number of aliphatic hydroxyl groups is 1. The van der Waals surface area contributed by atoms with Crippen LogP contribution in [0.25, 0.3) is 0 Å². The normalized spacial score (nSPS) is 14.1. The van der Waals surface area contributed by atoms with Crippen molar-refractivity contribution in [3.05, 3.63) is 34.6 Å². The first-order valence-electron chi connectivity index (χ1n) is 5.07. The molecule has 19 heavy (non-hydrogen) atoms. The van der Waals surface area contributed by atoms with Gasteiger partial charge in [-0.05, 0) is 13.8 Å². The Kier molecular flexibility index (Phi) is 4.14. The summed E-state index contributed by atoms with van der Waals surface area (Å²) in [5, 5.41) is 9.68. The average molecular weight is 284 g/mol. The number of benzene rings is 1. The Morgan fingerprint density at radius 2 is 1.42 bits per heavy atom. The molecule has 0 saturated heterocycles. The van der Waals surface area contributed by atoms with Gasteiger partial charge in [-0.2, -0.15) is 0 Å². The largest absolute Gasteiger partial charge is 0.464 e. The fourth-order valence-electron chi connectivity index (χ4n) is 1.41. The summed E-state index contributed by atoms with van der Waals surface area (Å²) in [6, 6.07) is 0. The zero-order valence-electron chi connectivity index (χ0n) is 9.86. The van der Waals surface area contributed by atoms with Crippen LogP contribution in [0.1, 0.15) is 19.4 Å². The van der Waals surface area contributed by atoms with Gasteiger partial charge in [-0.15, -0.1) is 0 Å². The standard InChI is InChI=1S/C11H9F5O3/c1-3-19-10(17)11(2,18)4-5(12)7(14)9(16)8(15)6(4)13/h18H,3H2,1-2H3. The van der Waals surface area contributed by atoms with Gasteiger partial charge in [-0.25, -0.2) is 26.7 Å². The third-order valence-corrected chi connectivity index (χ3v) is 2.37. The predicted molar refractivity (Wildman–Crippen MR) is 52.4 cm³/mol. The first kappa shape index (κ1) is 15.4. The highest BCUT2D eigenvalue weighted by Crippen LogP contribution is 2.32. The van der Waals surface area contributed by atoms with Gasteiger partial charge in [0, 0.05) is 0 Å². The van der Waals surface area contributed by atoms with Crippen LogP contribution in [0.15, 0.2) is 0 Å². The average Bonchev–Trinajstić information content (AvgIpc) is 2.34. The second kappa shape index (κ2) is 5.12. The summed E-state index contributed by atoms with van der Waals surface area (Å²) in [6.07, 6.45) is 0. The summed E-state index contributed by atoms with van der Waals surface area (Å²) < 4.78 is 69.9. The summed E-state index contributed by atoms with van der Waals surface area (Å²) in [5.74, 6) is -13.0. The highest BCUT2D eigenvalue weighted by atomic mass is 19.2. The van der Waals surface area contributed by atoms with Crippen LogP contribution < -0.4 is 0 Å². The number of rotatable bonds is 3. The molecule has 0 aliphatic heterocycles. The zero-order valence-corrected chi connectivity index (χ0v) is 9.86. The van der Waals surface area contributed by atoms with Crippen LogP contribution in [0.4, 0.5) is 22.0 Å². The maximum absolute atomic E-state index is 13.4. The lowest BCUT2D eigenvalue weighted by atomic mass is 9.94. The molecule has 1 aromatic rings. The van der Waals surface area contributed by atoms with Crippen molar-refractivity contribution in [3.63, 3.8) is 0 Å². The van der Waals surface area contributed by atoms with E-state index in [2.05, 4.69) is 4.74 Å². The first-order chi connectivity index (χ1) is 8.66. The van der Waals surface area contributed by atoms with Crippen molar-refractivity contribution in [2.75, 3.05) is 6.61 Å². The molecule has 0 bridgehead atoms. The molecule has 8 heteroatoms. The lowest BCUT2D eigenvalue weighted by Gasteiger charge is -2.22. The molecule has 3 nitrogen and oxygen atoms in total. The quantitative estimate of drug-likeness (QED) is 0.400. The van der Waals surface area contributed by atoms with Crippen LogP contribution in [0, 0.1) is 29.1 Å². The molecule has 1 rings (SSSR count). The van der Waals surface area contributed by atoms with E-state index in [0.29, 0.717) is 6.92 Å². The number of carbonyl (C=O) groups is 1. The molecule has 1 N–H and O–H groups in total. The van der Waals surface area contributed by atoms with Crippen LogP contribution in [-0.4, -0.2) is 17.7 Å². The Morgan fingerprint density at radius 3 is 1.79 bits per heavy atom. The molecule has 0 saturated carbocycles. The predicted octanol–water partition coefficient (Wildman–Crippen LogP) is 2.15. The second-order valence-corrected chi connectivity index (χ2v) is 3.74. The minimum Gasteiger partial charge on any atom is -0.464 e. The van der Waals surface area contributed by atoms with E-state index in [1.54, 1.807) is 0 Å². The van der Waals surface area contributed by atoms with Gasteiger partial charge in [0.15, 0.2) is 28.9 Å². The number of ether oxygens (including phenoxy) is 1. The zero-order chi connectivity index (χ0) is 15.0. The topological polar surface area (TPSA) is 46.5 Å². The van der Waals surface area contributed by atoms with Crippen molar-refractivity contribution in [1.82, 2.24) is 0 Å². The maximum Gasteiger partial charge on any atom is 0.342 e. The molecule has 106 valence electrons. The van der Waals surface area contributed by atoms with Gasteiger partial charge in [-0.3, -0.25) is 0 Å². The molecule has 0 aliphatic rings. The van der Waals surface area contributed by atoms with E-state index >= 15 is 0 Å². The van der Waals surface area contributed by atoms with E-state index in [9.17, 15) is 31.9 Å². The minimum absolute atomic E-state index is 0.246. The molecule has 1 aromatic carbocycles. The first-order valence-corrected chi connectivity index (χ1v) is 5.07. The molecular weight excluding hydrogens is 275 g/mol. The van der Waals surface area contributed by atoms with E-state index < -0.39 is 46.2 Å². The molecule has 0 radical (unpaired) electrons. The number of carbonyl (C=O) groups excluding carboxylic acids is 1. The smallest absolute Gasteiger partial charge is 0.342 e. The van der Waals surface area contributed by atoms with Crippen LogP contribution in [0.5, 0.6) is 0 Å². The van der Waals surface area contributed by atoms with Crippen molar-refractivity contribution >= 4 is 5.97 Å². The van der Waals surface area contributed by atoms with Crippen LogP contribution >= 0.6 is 0 Å². The van der Waals surface area contributed by atoms with Crippen molar-refractivity contribution < 1.29 is 36.6 Å². The highest BCUT2D eigenvalue weighted by Gasteiger charge is 2.43. The van der Waals surface area contributed by atoms with Gasteiger partial charge >= 0.3 is 5.97 Å². The Balaban J connectivity index is 3.55. The van der Waals surface area contributed by atoms with Gasteiger partial charge in [0.25, 0.3) is 0 Å². The third-order valence-electron chi connectivity index (χ3n) is 2.37. The Morgan fingerprint density at radius 1 is 1.05 bits per heavy atom. The summed E-state index contributed by atoms with van der Waals surface area (Å²) in [7, 11) is 0. The lowest BCUT2D eigenvalue weighted by molar-refractivity contribution is -0.164. The second-order valence-electron chi connectivity index (χ2n) is 3.74. The molecular formula is C11H9F5O3. The summed E-state index contributed by atoms with van der Waals surface area (Å²) >= 11 is 0. The minimum atomic E-state index is -3.00. The SMILES string of the molecule is CCOC(=O)C(C)(O)c1c(F)c(F)c(F)c(F)c1F. The van der Waals surface area contributed by atoms with Crippen molar-refractivity contribution in [3.8, 4) is 0 Å². The van der Waals surface area contributed by atoms with E-state index in [-0.39, 0.29) is 6.61 Å². The van der Waals surface area contributed by atoms with Gasteiger partial charge in [-0.1, -0.05) is 0 Å². The Labute approximate surface area is 104 Å². The van der Waals surface area contributed by atoms with Gasteiger partial charge in [0.05, 0.1) is 12.2 Å². The molecule has 1 atom stereocenters. The number of halogens is 5. The summed E-state index contributed by atoms with van der Waals surface area (Å²) in [5.41, 5.74) is -4.65. The molecule has 0 aliphatic carbocycles. The fraction of sp³-hybridized carbons (Fsp3) is 0.364. The van der Waals surface area contributed by atoms with Gasteiger partial charge in [0.2, 0.25) is 5.82 Å². The maximum atomic E-state index is 13.4. The number of hydrogen-bond donors (Lipinski definition) is 1. The monoisotopic (exact) mass is 284 g/mol. The summed E-state index contributed by atoms with van der Waals surface area (Å²) in [6.45, 7) is 1.67.